The molecule has 0 spiro atoms. The SMILES string of the molecule is CC(=O)Nc1ccn([C@@H]2CO[C@H](COCc3ccccc3)O2)c(=O)n1.I[C@@H]1CO[C@H](COCc2ccccc2)O1.Nc1ccn([C@@H]2CO[C@H](CO)O2)c(=O)n1.Nc1ccn([C@@H]2CO[C@H](COCc3ccccc3)O2)c(=O)n1. The first kappa shape index (κ1) is 58.3. The van der Waals surface area contributed by atoms with E-state index >= 15 is 0 Å². The summed E-state index contributed by atoms with van der Waals surface area (Å²) in [5, 5.41) is 11.2. The van der Waals surface area contributed by atoms with E-state index in [9.17, 15) is 19.2 Å². The lowest BCUT2D eigenvalue weighted by molar-refractivity contribution is -0.118. The summed E-state index contributed by atoms with van der Waals surface area (Å²) in [6.45, 7) is 5.06. The molecule has 4 fully saturated rings. The van der Waals surface area contributed by atoms with Crippen molar-refractivity contribution in [3.63, 3.8) is 0 Å². The molecule has 3 aromatic carbocycles. The molecule has 3 aromatic heterocycles. The molecule has 7 heterocycles. The number of halogens is 1. The highest BCUT2D eigenvalue weighted by atomic mass is 127. The molecule has 0 saturated carbocycles. The minimum atomic E-state index is -0.681. The zero-order valence-electron chi connectivity index (χ0n) is 41.8. The molecule has 8 atom stereocenters. The Morgan fingerprint density at radius 2 is 0.922 bits per heavy atom. The summed E-state index contributed by atoms with van der Waals surface area (Å²) in [4.78, 5) is 57.2. The number of nitrogens with two attached hydrogens (primary N) is 2. The quantitative estimate of drug-likeness (QED) is 0.0752. The molecule has 26 heteroatoms. The van der Waals surface area contributed by atoms with Crippen LogP contribution in [0, 0.1) is 0 Å². The number of rotatable bonds is 17. The number of nitrogens with zero attached hydrogens (tertiary/aromatic N) is 6. The number of hydrogen-bond donors (Lipinski definition) is 4. The van der Waals surface area contributed by atoms with Crippen molar-refractivity contribution in [2.75, 3.05) is 69.6 Å². The van der Waals surface area contributed by atoms with E-state index in [4.69, 9.17) is 68.7 Å². The third kappa shape index (κ3) is 19.2. The number of hydrogen-bond acceptors (Lipinski definition) is 21. The van der Waals surface area contributed by atoms with Gasteiger partial charge in [-0.25, -0.2) is 14.4 Å². The highest BCUT2D eigenvalue weighted by Crippen LogP contribution is 2.23. The number of carbonyl (C=O) groups excluding carboxylic acids is 1. The van der Waals surface area contributed by atoms with Gasteiger partial charge in [0, 0.05) is 25.5 Å². The van der Waals surface area contributed by atoms with Crippen LogP contribution < -0.4 is 33.9 Å². The van der Waals surface area contributed by atoms with Gasteiger partial charge in [0.2, 0.25) is 5.91 Å². The van der Waals surface area contributed by atoms with E-state index in [1.165, 1.54) is 50.7 Å². The molecule has 1 amide bonds. The van der Waals surface area contributed by atoms with Gasteiger partial charge in [0.05, 0.1) is 72.7 Å². The van der Waals surface area contributed by atoms with Crippen LogP contribution in [0.25, 0.3) is 0 Å². The molecular weight excluding hydrogens is 1120 g/mol. The average Bonchev–Trinajstić information content (AvgIpc) is 4.28. The van der Waals surface area contributed by atoms with Crippen LogP contribution >= 0.6 is 22.6 Å². The summed E-state index contributed by atoms with van der Waals surface area (Å²) in [6, 6.07) is 34.3. The number of nitrogen functional groups attached to an aromatic ring is 2. The Bertz CT molecular complexity index is 2910. The van der Waals surface area contributed by atoms with Crippen molar-refractivity contribution >= 4 is 46.0 Å². The number of aliphatic hydroxyl groups excluding tert-OH is 1. The Morgan fingerprint density at radius 1 is 0.558 bits per heavy atom. The molecule has 0 radical (unpaired) electrons. The molecule has 10 rings (SSSR count). The lowest BCUT2D eigenvalue weighted by Gasteiger charge is -2.14. The first-order chi connectivity index (χ1) is 37.4. The fraction of sp³-hybridized carbons (Fsp3) is 0.392. The molecule has 412 valence electrons. The van der Waals surface area contributed by atoms with E-state index < -0.39 is 54.6 Å². The van der Waals surface area contributed by atoms with E-state index in [0.717, 1.165) is 11.1 Å². The maximum absolute atomic E-state index is 12.0. The predicted molar refractivity (Wildman–Crippen MR) is 282 cm³/mol. The van der Waals surface area contributed by atoms with Gasteiger partial charge in [0.15, 0.2) is 43.8 Å². The first-order valence-corrected chi connectivity index (χ1v) is 25.4. The Hall–Kier alpha value is -6.38. The fourth-order valence-corrected chi connectivity index (χ4v) is 7.80. The molecule has 4 aliphatic heterocycles. The van der Waals surface area contributed by atoms with Crippen molar-refractivity contribution < 1.29 is 62.0 Å². The smallest absolute Gasteiger partial charge is 0.351 e. The molecule has 4 saturated heterocycles. The van der Waals surface area contributed by atoms with Gasteiger partial charge < -0.3 is 74.0 Å². The second-order valence-electron chi connectivity index (χ2n) is 16.8. The van der Waals surface area contributed by atoms with Gasteiger partial charge in [0.25, 0.3) is 0 Å². The Kier molecular flexibility index (Phi) is 23.1. The van der Waals surface area contributed by atoms with Crippen LogP contribution in [0.5, 0.6) is 0 Å². The highest BCUT2D eigenvalue weighted by Gasteiger charge is 2.30. The van der Waals surface area contributed by atoms with Crippen LogP contribution in [0.1, 0.15) is 42.3 Å². The highest BCUT2D eigenvalue weighted by molar-refractivity contribution is 14.1. The zero-order valence-corrected chi connectivity index (χ0v) is 44.0. The maximum Gasteiger partial charge on any atom is 0.351 e. The normalized spacial score (nSPS) is 22.4. The molecule has 25 nitrogen and oxygen atoms in total. The first-order valence-electron chi connectivity index (χ1n) is 24.1. The molecule has 6 aromatic rings. The third-order valence-corrected chi connectivity index (χ3v) is 11.6. The van der Waals surface area contributed by atoms with Crippen molar-refractivity contribution in [3.05, 3.63) is 176 Å². The lowest BCUT2D eigenvalue weighted by Crippen LogP contribution is -2.29. The molecule has 6 N–H and O–H groups in total. The van der Waals surface area contributed by atoms with Gasteiger partial charge in [-0.2, -0.15) is 15.0 Å². The van der Waals surface area contributed by atoms with Crippen LogP contribution in [0.2, 0.25) is 0 Å². The fourth-order valence-electron chi connectivity index (χ4n) is 7.27. The van der Waals surface area contributed by atoms with Gasteiger partial charge in [-0.05, 0) is 57.5 Å². The zero-order chi connectivity index (χ0) is 54.4. The summed E-state index contributed by atoms with van der Waals surface area (Å²) in [5.41, 5.74) is 12.6. The number of carbonyl (C=O) groups is 1. The lowest BCUT2D eigenvalue weighted by atomic mass is 10.2. The summed E-state index contributed by atoms with van der Waals surface area (Å²) in [7, 11) is 0. The van der Waals surface area contributed by atoms with Crippen molar-refractivity contribution in [1.29, 1.82) is 0 Å². The number of nitrogens with one attached hydrogen (secondary N) is 1. The van der Waals surface area contributed by atoms with E-state index in [0.29, 0.717) is 39.6 Å². The Balaban J connectivity index is 0.000000153. The van der Waals surface area contributed by atoms with Gasteiger partial charge in [-0.15, -0.1) is 0 Å². The monoisotopic (exact) mass is 1180 g/mol. The van der Waals surface area contributed by atoms with Crippen LogP contribution in [-0.2, 0) is 76.7 Å². The second-order valence-corrected chi connectivity index (χ2v) is 18.2. The molecule has 0 aliphatic carbocycles. The topological polar surface area (TPSA) is 308 Å². The van der Waals surface area contributed by atoms with Crippen molar-refractivity contribution in [1.82, 2.24) is 28.7 Å². The maximum atomic E-state index is 12.0. The van der Waals surface area contributed by atoms with Crippen LogP contribution in [0.3, 0.4) is 0 Å². The van der Waals surface area contributed by atoms with Crippen LogP contribution in [0.4, 0.5) is 17.5 Å². The minimum absolute atomic E-state index is 0.160. The summed E-state index contributed by atoms with van der Waals surface area (Å²) < 4.78 is 64.1. The molecule has 4 aliphatic rings. The minimum Gasteiger partial charge on any atom is -0.391 e. The third-order valence-electron chi connectivity index (χ3n) is 10.9. The number of alkyl halides is 1. The number of anilines is 3. The van der Waals surface area contributed by atoms with E-state index in [-0.39, 0.29) is 66.8 Å². The largest absolute Gasteiger partial charge is 0.391 e. The van der Waals surface area contributed by atoms with Crippen molar-refractivity contribution in [2.24, 2.45) is 0 Å². The predicted octanol–water partition coefficient (Wildman–Crippen LogP) is 3.23. The van der Waals surface area contributed by atoms with Crippen molar-refractivity contribution in [3.8, 4) is 0 Å². The number of ether oxygens (including phenoxy) is 11. The van der Waals surface area contributed by atoms with Crippen LogP contribution in [0.15, 0.2) is 142 Å². The molecule has 77 heavy (non-hydrogen) atoms. The summed E-state index contributed by atoms with van der Waals surface area (Å²) in [6.07, 6.45) is 0.987. The molecule has 0 unspecified atom stereocenters. The number of aromatic nitrogens is 6. The van der Waals surface area contributed by atoms with Gasteiger partial charge in [0.1, 0.15) is 21.6 Å². The standard InChI is InChI=1S/C17H19N3O5.C15H17N3O4.C11H13IO3.C8H11N3O4/c1-12(21)18-14-7-8-20(17(22)19-14)15-10-24-16(25-15)11-23-9-13-5-3-2-4-6-13;16-12-6-7-18(15(19)17-12)13-9-21-14(22-13)10-20-8-11-4-2-1-3-5-11;12-10-7-14-11(15-10)8-13-6-9-4-2-1-3-5-9;9-5-1-2-11(8(13)10-5)6-4-14-7(3-12)15-6/h2-8,15-16H,9-11H2,1H3,(H,18,19,21,22);1-7,13-14H,8-10H2,(H2,16,17,19);1-5,10-11H,6-8H2;1-2,6-7,12H,3-4H2,(H2,9,10,13)/t15-,16-;13-,14-;10-,11-;6-,7-/m0000/s1. The summed E-state index contributed by atoms with van der Waals surface area (Å²) in [5.74, 6) is 0.257. The van der Waals surface area contributed by atoms with E-state index in [1.807, 2.05) is 91.0 Å². The summed E-state index contributed by atoms with van der Waals surface area (Å²) >= 11 is 2.21. The van der Waals surface area contributed by atoms with Crippen molar-refractivity contribution in [2.45, 2.75) is 74.7 Å². The number of benzene rings is 3. The molecular formula is C51H60IN9O16. The number of aliphatic hydroxyl groups is 1. The van der Waals surface area contributed by atoms with E-state index in [2.05, 4.69) is 42.9 Å². The van der Waals surface area contributed by atoms with Gasteiger partial charge in [-0.1, -0.05) is 91.0 Å². The van der Waals surface area contributed by atoms with E-state index in [1.54, 1.807) is 12.3 Å². The molecule has 0 bridgehead atoms. The Labute approximate surface area is 455 Å². The number of amides is 1. The second kappa shape index (κ2) is 30.5. The van der Waals surface area contributed by atoms with Crippen LogP contribution in [-0.4, -0.2) is 122 Å². The average molecular weight is 1180 g/mol. The Morgan fingerprint density at radius 3 is 1.27 bits per heavy atom. The van der Waals surface area contributed by atoms with Gasteiger partial charge >= 0.3 is 17.1 Å². The van der Waals surface area contributed by atoms with Gasteiger partial charge in [-0.3, -0.25) is 18.5 Å².